The third-order valence-electron chi connectivity index (χ3n) is 5.94. The molecule has 1 saturated heterocycles. The first-order chi connectivity index (χ1) is 16.9. The lowest BCUT2D eigenvalue weighted by atomic mass is 9.95. The van der Waals surface area contributed by atoms with Crippen LogP contribution in [0.2, 0.25) is 0 Å². The zero-order valence-corrected chi connectivity index (χ0v) is 19.4. The van der Waals surface area contributed by atoms with Gasteiger partial charge in [0.25, 0.3) is 11.5 Å². The number of thiazole rings is 1. The van der Waals surface area contributed by atoms with Gasteiger partial charge in [-0.25, -0.2) is 4.98 Å². The summed E-state index contributed by atoms with van der Waals surface area (Å²) in [6.45, 7) is 2.04. The van der Waals surface area contributed by atoms with Crippen molar-refractivity contribution < 1.29 is 19.6 Å². The number of carbonyl (C=O) groups excluding carboxylic acids is 2. The number of rotatable bonds is 5. The van der Waals surface area contributed by atoms with Gasteiger partial charge >= 0.3 is 5.91 Å². The molecule has 1 aliphatic rings. The van der Waals surface area contributed by atoms with E-state index in [1.165, 1.54) is 34.4 Å². The van der Waals surface area contributed by atoms with Crippen LogP contribution in [0.3, 0.4) is 0 Å². The van der Waals surface area contributed by atoms with Crippen LogP contribution < -0.4 is 4.90 Å². The average Bonchev–Trinajstić information content (AvgIpc) is 3.41. The summed E-state index contributed by atoms with van der Waals surface area (Å²) in [5, 5.41) is 22.8. The molecule has 1 fully saturated rings. The van der Waals surface area contributed by atoms with Crippen molar-refractivity contribution in [2.24, 2.45) is 0 Å². The minimum atomic E-state index is -1.08. The molecule has 1 aromatic heterocycles. The number of non-ortho nitro benzene ring substituents is 1. The molecule has 1 N–H and O–H groups in total. The monoisotopic (exact) mass is 485 g/mol. The van der Waals surface area contributed by atoms with Gasteiger partial charge in [0.2, 0.25) is 0 Å². The van der Waals surface area contributed by atoms with Gasteiger partial charge in [0.05, 0.1) is 26.8 Å². The molecule has 2 heterocycles. The van der Waals surface area contributed by atoms with Gasteiger partial charge in [-0.1, -0.05) is 66.8 Å². The van der Waals surface area contributed by atoms with E-state index < -0.39 is 22.7 Å². The highest BCUT2D eigenvalue weighted by Gasteiger charge is 2.48. The van der Waals surface area contributed by atoms with Crippen LogP contribution in [0.4, 0.5) is 10.8 Å². The number of ketones is 1. The van der Waals surface area contributed by atoms with Crippen molar-refractivity contribution in [1.82, 2.24) is 4.98 Å². The summed E-state index contributed by atoms with van der Waals surface area (Å²) in [6.07, 6.45) is 0.832. The molecule has 3 aromatic carbocycles. The standard InChI is InChI=1S/C26H19N3O5S/c1-2-15-11-12-19-20(13-15)35-26(27-19)28-22(17-9-6-10-18(14-17)29(33)34)21(24(31)25(28)32)23(30)16-7-4-3-5-8-16/h3-14,22,30H,2H2,1H3/t22-/m1/s1. The van der Waals surface area contributed by atoms with Gasteiger partial charge in [0, 0.05) is 17.7 Å². The third-order valence-corrected chi connectivity index (χ3v) is 6.96. The second-order valence-corrected chi connectivity index (χ2v) is 9.05. The van der Waals surface area contributed by atoms with Gasteiger partial charge in [-0.05, 0) is 29.7 Å². The second kappa shape index (κ2) is 8.77. The van der Waals surface area contributed by atoms with Crippen molar-refractivity contribution >= 4 is 49.8 Å². The zero-order valence-electron chi connectivity index (χ0n) is 18.5. The Balaban J connectivity index is 1.74. The Morgan fingerprint density at radius 1 is 1.09 bits per heavy atom. The summed E-state index contributed by atoms with van der Waals surface area (Å²) < 4.78 is 0.849. The number of Topliss-reactive ketones (excluding diaryl/α,β-unsaturated/α-hetero) is 1. The van der Waals surface area contributed by atoms with E-state index in [9.17, 15) is 24.8 Å². The van der Waals surface area contributed by atoms with Gasteiger partial charge < -0.3 is 5.11 Å². The maximum Gasteiger partial charge on any atom is 0.301 e. The number of aliphatic hydroxyl groups is 1. The smallest absolute Gasteiger partial charge is 0.301 e. The van der Waals surface area contributed by atoms with Crippen LogP contribution in [-0.4, -0.2) is 26.7 Å². The molecule has 5 rings (SSSR count). The van der Waals surface area contributed by atoms with Crippen LogP contribution in [0.25, 0.3) is 16.0 Å². The van der Waals surface area contributed by atoms with Gasteiger partial charge in [-0.3, -0.25) is 24.6 Å². The minimum absolute atomic E-state index is 0.143. The molecule has 9 heteroatoms. The first kappa shape index (κ1) is 22.4. The number of nitrogens with zero attached hydrogens (tertiary/aromatic N) is 3. The van der Waals surface area contributed by atoms with Crippen LogP contribution >= 0.6 is 11.3 Å². The van der Waals surface area contributed by atoms with E-state index in [-0.39, 0.29) is 22.2 Å². The number of fused-ring (bicyclic) bond motifs is 1. The highest BCUT2D eigenvalue weighted by atomic mass is 32.1. The Labute approximate surface area is 203 Å². The lowest BCUT2D eigenvalue weighted by molar-refractivity contribution is -0.384. The quantitative estimate of drug-likeness (QED) is 0.133. The topological polar surface area (TPSA) is 114 Å². The number of nitro groups is 1. The normalized spacial score (nSPS) is 17.3. The molecule has 0 aliphatic carbocycles. The number of carbonyl (C=O) groups is 2. The van der Waals surface area contributed by atoms with Crippen molar-refractivity contribution in [3.05, 3.63) is 105 Å². The molecule has 0 spiro atoms. The molecular weight excluding hydrogens is 466 g/mol. The molecule has 0 unspecified atom stereocenters. The number of hydrogen-bond donors (Lipinski definition) is 1. The van der Waals surface area contributed by atoms with Crippen LogP contribution in [0, 0.1) is 10.1 Å². The first-order valence-electron chi connectivity index (χ1n) is 10.9. The van der Waals surface area contributed by atoms with Crippen LogP contribution in [0.15, 0.2) is 78.4 Å². The second-order valence-electron chi connectivity index (χ2n) is 8.04. The Morgan fingerprint density at radius 3 is 2.57 bits per heavy atom. The molecule has 174 valence electrons. The summed E-state index contributed by atoms with van der Waals surface area (Å²) in [6, 6.07) is 18.8. The lowest BCUT2D eigenvalue weighted by Crippen LogP contribution is -2.29. The summed E-state index contributed by atoms with van der Waals surface area (Å²) in [7, 11) is 0. The van der Waals surface area contributed by atoms with Crippen molar-refractivity contribution in [2.45, 2.75) is 19.4 Å². The van der Waals surface area contributed by atoms with Crippen molar-refractivity contribution in [3.63, 3.8) is 0 Å². The van der Waals surface area contributed by atoms with Crippen molar-refractivity contribution in [3.8, 4) is 0 Å². The van der Waals surface area contributed by atoms with Gasteiger partial charge in [0.1, 0.15) is 5.76 Å². The number of benzene rings is 3. The molecule has 1 atom stereocenters. The number of anilines is 1. The summed E-state index contributed by atoms with van der Waals surface area (Å²) in [4.78, 5) is 43.3. The van der Waals surface area contributed by atoms with E-state index in [0.717, 1.165) is 16.7 Å². The van der Waals surface area contributed by atoms with Crippen molar-refractivity contribution in [2.75, 3.05) is 4.90 Å². The van der Waals surface area contributed by atoms with Crippen LogP contribution in [0.5, 0.6) is 0 Å². The molecule has 0 saturated carbocycles. The van der Waals surface area contributed by atoms with E-state index in [0.29, 0.717) is 16.6 Å². The maximum absolute atomic E-state index is 13.3. The van der Waals surface area contributed by atoms with Gasteiger partial charge in [-0.15, -0.1) is 0 Å². The molecule has 0 bridgehead atoms. The SMILES string of the molecule is CCc1ccc2nc(N3C(=O)C(=O)C(=C(O)c4ccccc4)[C@H]3c3cccc([N+](=O)[O-])c3)sc2c1. The molecule has 1 amide bonds. The van der Waals surface area contributed by atoms with E-state index in [4.69, 9.17) is 0 Å². The largest absolute Gasteiger partial charge is 0.507 e. The maximum atomic E-state index is 13.3. The fraction of sp³-hybridized carbons (Fsp3) is 0.115. The van der Waals surface area contributed by atoms with E-state index in [2.05, 4.69) is 4.98 Å². The number of amides is 1. The molecule has 0 radical (unpaired) electrons. The molecule has 4 aromatic rings. The number of aryl methyl sites for hydroxylation is 1. The van der Waals surface area contributed by atoms with Crippen LogP contribution in [0.1, 0.15) is 29.7 Å². The Kier molecular flexibility index (Phi) is 5.62. The number of nitro benzene ring substituents is 1. The van der Waals surface area contributed by atoms with E-state index in [1.807, 2.05) is 25.1 Å². The average molecular weight is 486 g/mol. The predicted molar refractivity (Wildman–Crippen MR) is 133 cm³/mol. The van der Waals surface area contributed by atoms with Crippen molar-refractivity contribution in [1.29, 1.82) is 0 Å². The minimum Gasteiger partial charge on any atom is -0.507 e. The fourth-order valence-corrected chi connectivity index (χ4v) is 5.24. The Morgan fingerprint density at radius 2 is 1.86 bits per heavy atom. The summed E-state index contributed by atoms with van der Waals surface area (Å²) >= 11 is 1.25. The summed E-state index contributed by atoms with van der Waals surface area (Å²) in [5.41, 5.74) is 2.13. The van der Waals surface area contributed by atoms with Gasteiger partial charge in [0.15, 0.2) is 5.13 Å². The molecule has 35 heavy (non-hydrogen) atoms. The molecule has 1 aliphatic heterocycles. The summed E-state index contributed by atoms with van der Waals surface area (Å²) in [5.74, 6) is -2.08. The fourth-order valence-electron chi connectivity index (χ4n) is 4.19. The third kappa shape index (κ3) is 3.85. The Hall–Kier alpha value is -4.37. The van der Waals surface area contributed by atoms with Crippen LogP contribution in [-0.2, 0) is 16.0 Å². The van der Waals surface area contributed by atoms with E-state index >= 15 is 0 Å². The first-order valence-corrected chi connectivity index (χ1v) is 11.7. The zero-order chi connectivity index (χ0) is 24.7. The lowest BCUT2D eigenvalue weighted by Gasteiger charge is -2.22. The number of aromatic nitrogens is 1. The number of aliphatic hydroxyl groups excluding tert-OH is 1. The van der Waals surface area contributed by atoms with E-state index in [1.54, 1.807) is 36.4 Å². The molecular formula is C26H19N3O5S. The highest BCUT2D eigenvalue weighted by Crippen LogP contribution is 2.44. The highest BCUT2D eigenvalue weighted by molar-refractivity contribution is 7.22. The Bertz CT molecular complexity index is 1530. The molecule has 8 nitrogen and oxygen atoms in total. The number of hydrogen-bond acceptors (Lipinski definition) is 7. The van der Waals surface area contributed by atoms with Gasteiger partial charge in [-0.2, -0.15) is 0 Å². The predicted octanol–water partition coefficient (Wildman–Crippen LogP) is 5.39.